The van der Waals surface area contributed by atoms with Gasteiger partial charge in [-0.3, -0.25) is 0 Å². The van der Waals surface area contributed by atoms with Crippen molar-refractivity contribution in [2.45, 2.75) is 35.6 Å². The van der Waals surface area contributed by atoms with Crippen molar-refractivity contribution < 1.29 is 9.84 Å². The van der Waals surface area contributed by atoms with Gasteiger partial charge in [0, 0.05) is 0 Å². The Morgan fingerprint density at radius 2 is 2.07 bits per heavy atom. The van der Waals surface area contributed by atoms with Gasteiger partial charge in [0.25, 0.3) is 0 Å². The molecule has 0 aromatic carbocycles. The van der Waals surface area contributed by atoms with Crippen LogP contribution in [0.3, 0.4) is 0 Å². The second-order valence-corrected chi connectivity index (χ2v) is 10.5. The lowest BCUT2D eigenvalue weighted by Crippen LogP contribution is -2.27. The summed E-state index contributed by atoms with van der Waals surface area (Å²) in [5, 5.41) is 9.88. The maximum atomic E-state index is 9.88. The van der Waals surface area contributed by atoms with Crippen molar-refractivity contribution in [1.29, 1.82) is 0 Å². The number of rotatable bonds is 3. The Hall–Kier alpha value is 0.950. The minimum Gasteiger partial charge on any atom is -0.389 e. The van der Waals surface area contributed by atoms with Crippen molar-refractivity contribution in [3.63, 3.8) is 0 Å². The highest BCUT2D eigenvalue weighted by atomic mass is 127. The number of hydrogen-bond donors (Lipinski definition) is 1. The van der Waals surface area contributed by atoms with Gasteiger partial charge in [0.05, 0.1) is 22.2 Å². The molecule has 84 valence electrons. The summed E-state index contributed by atoms with van der Waals surface area (Å²) in [5.74, 6) is 0. The molecule has 0 amide bonds. The molecule has 1 N–H and O–H groups in total. The van der Waals surface area contributed by atoms with Crippen LogP contribution in [0.2, 0.25) is 0 Å². The summed E-state index contributed by atoms with van der Waals surface area (Å²) in [6.07, 6.45) is 6.15. The van der Waals surface area contributed by atoms with Crippen LogP contribution in [0.15, 0.2) is 0 Å². The Kier molecular flexibility index (Phi) is 4.51. The van der Waals surface area contributed by atoms with Crippen molar-refractivity contribution in [1.82, 2.24) is 0 Å². The van der Waals surface area contributed by atoms with Crippen molar-refractivity contribution in [3.05, 3.63) is 0 Å². The van der Waals surface area contributed by atoms with Crippen LogP contribution in [0.25, 0.3) is 0 Å². The van der Waals surface area contributed by atoms with E-state index in [2.05, 4.69) is 42.2 Å². The van der Waals surface area contributed by atoms with Gasteiger partial charge in [-0.15, -0.1) is 13.2 Å². The molecule has 0 saturated carbocycles. The third-order valence-corrected chi connectivity index (χ3v) is 5.78. The highest BCUT2D eigenvalue weighted by Gasteiger charge is 2.39. The molecule has 0 aromatic rings. The molecular formula is C10H20IO2P. The largest absolute Gasteiger partial charge is 0.389 e. The first kappa shape index (κ1) is 13.0. The van der Waals surface area contributed by atoms with Crippen LogP contribution in [-0.2, 0) is 4.74 Å². The lowest BCUT2D eigenvalue weighted by atomic mass is 10.1. The maximum absolute atomic E-state index is 9.88. The van der Waals surface area contributed by atoms with Gasteiger partial charge in [0.15, 0.2) is 0 Å². The van der Waals surface area contributed by atoms with E-state index in [9.17, 15) is 5.11 Å². The van der Waals surface area contributed by atoms with E-state index in [4.69, 9.17) is 4.74 Å². The first-order valence-electron chi connectivity index (χ1n) is 4.96. The molecule has 1 aliphatic rings. The molecule has 0 spiro atoms. The fourth-order valence-corrected chi connectivity index (χ4v) is 3.22. The first-order chi connectivity index (χ1) is 6.31. The van der Waals surface area contributed by atoms with E-state index in [1.54, 1.807) is 0 Å². The molecule has 0 aromatic heterocycles. The van der Waals surface area contributed by atoms with E-state index < -0.39 is 6.89 Å². The number of aliphatic hydroxyl groups excluding tert-OH is 1. The van der Waals surface area contributed by atoms with Crippen LogP contribution in [0, 0.1) is 0 Å². The third-order valence-electron chi connectivity index (χ3n) is 2.56. The number of halogens is 1. The summed E-state index contributed by atoms with van der Waals surface area (Å²) in [4.78, 5) is 0. The van der Waals surface area contributed by atoms with E-state index in [0.717, 1.165) is 12.6 Å². The van der Waals surface area contributed by atoms with Crippen LogP contribution < -0.4 is 0 Å². The van der Waals surface area contributed by atoms with Crippen LogP contribution in [0.4, 0.5) is 0 Å². The quantitative estimate of drug-likeness (QED) is 0.488. The Bertz CT molecular complexity index is 238. The molecule has 14 heavy (non-hydrogen) atoms. The van der Waals surface area contributed by atoms with Crippen molar-refractivity contribution >= 4 is 35.8 Å². The molecule has 0 radical (unpaired) electrons. The van der Waals surface area contributed by atoms with Gasteiger partial charge in [-0.1, -0.05) is 22.6 Å². The maximum Gasteiger partial charge on any atom is 0.0944 e. The molecule has 0 unspecified atom stereocenters. The van der Waals surface area contributed by atoms with E-state index >= 15 is 0 Å². The summed E-state index contributed by atoms with van der Waals surface area (Å²) in [6, 6.07) is 0. The Morgan fingerprint density at radius 1 is 1.50 bits per heavy atom. The summed E-state index contributed by atoms with van der Waals surface area (Å²) >= 11 is 2.28. The Labute approximate surface area is 101 Å². The van der Waals surface area contributed by atoms with Gasteiger partial charge >= 0.3 is 0 Å². The molecule has 1 heterocycles. The highest BCUT2D eigenvalue weighted by molar-refractivity contribution is 14.1. The molecule has 1 fully saturated rings. The summed E-state index contributed by atoms with van der Waals surface area (Å²) in [5.41, 5.74) is 0. The van der Waals surface area contributed by atoms with Crippen molar-refractivity contribution in [3.8, 4) is 0 Å². The van der Waals surface area contributed by atoms with Gasteiger partial charge in [0.2, 0.25) is 0 Å². The topological polar surface area (TPSA) is 29.5 Å². The lowest BCUT2D eigenvalue weighted by molar-refractivity contribution is 0.0150. The molecule has 4 heteroatoms. The lowest BCUT2D eigenvalue weighted by Gasteiger charge is -2.18. The van der Waals surface area contributed by atoms with Crippen LogP contribution in [0.1, 0.15) is 13.3 Å². The second-order valence-electron chi connectivity index (χ2n) is 4.76. The van der Waals surface area contributed by atoms with Crippen LogP contribution >= 0.6 is 29.5 Å². The molecule has 1 aliphatic heterocycles. The van der Waals surface area contributed by atoms with Crippen molar-refractivity contribution in [2.24, 2.45) is 0 Å². The minimum absolute atomic E-state index is 0.0351. The van der Waals surface area contributed by atoms with Crippen LogP contribution in [0.5, 0.6) is 0 Å². The van der Waals surface area contributed by atoms with Gasteiger partial charge in [-0.2, -0.15) is 0 Å². The summed E-state index contributed by atoms with van der Waals surface area (Å²) < 4.78 is 5.95. The predicted molar refractivity (Wildman–Crippen MR) is 73.5 cm³/mol. The van der Waals surface area contributed by atoms with E-state index in [0.29, 0.717) is 0 Å². The zero-order chi connectivity index (χ0) is 10.9. The zero-order valence-corrected chi connectivity index (χ0v) is 12.2. The predicted octanol–water partition coefficient (Wildman–Crippen LogP) is 2.04. The number of ether oxygens (including phenoxy) is 1. The molecular weight excluding hydrogens is 310 g/mol. The molecule has 0 aliphatic carbocycles. The average molecular weight is 330 g/mol. The average Bonchev–Trinajstić information content (AvgIpc) is 2.28. The van der Waals surface area contributed by atoms with Crippen LogP contribution in [-0.4, -0.2) is 53.1 Å². The molecule has 1 saturated heterocycles. The number of hydrogen-bond acceptors (Lipinski definition) is 2. The SMILES string of the molecule is C=P(C)(C)CC[C@H]1O[C@@H](C)[C@H](I)[C@@H]1O. The number of alkyl halides is 1. The molecule has 2 nitrogen and oxygen atoms in total. The zero-order valence-electron chi connectivity index (χ0n) is 9.11. The van der Waals surface area contributed by atoms with E-state index in [1.165, 1.54) is 0 Å². The fraction of sp³-hybridized carbons (Fsp3) is 0.900. The minimum atomic E-state index is -0.978. The third kappa shape index (κ3) is 3.51. The van der Waals surface area contributed by atoms with Crippen molar-refractivity contribution in [2.75, 3.05) is 19.5 Å². The molecule has 0 bridgehead atoms. The first-order valence-corrected chi connectivity index (χ1v) is 9.26. The Balaban J connectivity index is 2.44. The van der Waals surface area contributed by atoms with Gasteiger partial charge < -0.3 is 9.84 Å². The summed E-state index contributed by atoms with van der Waals surface area (Å²) in [6.45, 7) is 5.50. The highest BCUT2D eigenvalue weighted by Crippen LogP contribution is 2.38. The monoisotopic (exact) mass is 330 g/mol. The smallest absolute Gasteiger partial charge is 0.0944 e. The van der Waals surface area contributed by atoms with E-state index in [1.807, 2.05) is 6.92 Å². The number of aliphatic hydroxyl groups is 1. The van der Waals surface area contributed by atoms with Gasteiger partial charge in [-0.25, -0.2) is 0 Å². The van der Waals surface area contributed by atoms with Gasteiger partial charge in [0.1, 0.15) is 0 Å². The van der Waals surface area contributed by atoms with E-state index in [-0.39, 0.29) is 22.2 Å². The summed E-state index contributed by atoms with van der Waals surface area (Å²) in [7, 11) is 0. The van der Waals surface area contributed by atoms with Gasteiger partial charge in [-0.05, 0) is 32.8 Å². The second kappa shape index (κ2) is 4.86. The Morgan fingerprint density at radius 3 is 2.43 bits per heavy atom. The fourth-order valence-electron chi connectivity index (χ4n) is 1.63. The molecule has 4 atom stereocenters. The molecule has 1 rings (SSSR count). The standard InChI is InChI=1S/C10H20IO2P/c1-7-9(11)10(12)8(13-7)5-6-14(2,3)4/h7-10,12H,2,5-6H2,1,3-4H3/t7-,8+,9-,10+/m0/s1. The normalized spacial score (nSPS) is 38.9.